The monoisotopic (exact) mass is 313 g/mol. The molecule has 0 aliphatic heterocycles. The molecular weight excluding hydrogens is 307 g/mol. The lowest BCUT2D eigenvalue weighted by atomic mass is 10.2. The van der Waals surface area contributed by atoms with Gasteiger partial charge in [-0.1, -0.05) is 15.9 Å². The first-order valence-corrected chi connectivity index (χ1v) is 5.37. The van der Waals surface area contributed by atoms with E-state index in [1.807, 2.05) is 0 Å². The number of carbonyl (C=O) groups is 1. The zero-order chi connectivity index (χ0) is 13.1. The van der Waals surface area contributed by atoms with Crippen molar-refractivity contribution in [2.75, 3.05) is 7.11 Å². The van der Waals surface area contributed by atoms with E-state index in [9.17, 15) is 18.0 Å². The van der Waals surface area contributed by atoms with Crippen LogP contribution in [-0.4, -0.2) is 24.7 Å². The molecule has 0 fully saturated rings. The summed E-state index contributed by atoms with van der Waals surface area (Å²) in [6.07, 6.45) is -3.51. The van der Waals surface area contributed by atoms with E-state index >= 15 is 0 Å². The number of carbonyl (C=O) groups excluding carboxylic acids is 1. The summed E-state index contributed by atoms with van der Waals surface area (Å²) in [5.74, 6) is -0.729. The number of aldehydes is 1. The molecule has 94 valence electrons. The van der Waals surface area contributed by atoms with Crippen molar-refractivity contribution in [1.82, 2.24) is 4.98 Å². The number of rotatable bonds is 4. The Hall–Kier alpha value is -1.31. The zero-order valence-corrected chi connectivity index (χ0v) is 10.1. The summed E-state index contributed by atoms with van der Waals surface area (Å²) in [5, 5.41) is 0.0171. The minimum absolute atomic E-state index is 0.0171. The Morgan fingerprint density at radius 3 is 2.59 bits per heavy atom. The van der Waals surface area contributed by atoms with Gasteiger partial charge in [-0.25, -0.2) is 0 Å². The Morgan fingerprint density at radius 1 is 1.53 bits per heavy atom. The number of methoxy groups -OCH3 is 1. The lowest BCUT2D eigenvalue weighted by Gasteiger charge is -2.15. The second-order valence-corrected chi connectivity index (χ2v) is 3.38. The van der Waals surface area contributed by atoms with Gasteiger partial charge in [0.25, 0.3) is 0 Å². The molecule has 0 N–H and O–H groups in total. The molecule has 0 unspecified atom stereocenters. The molecule has 0 amide bonds. The Balaban J connectivity index is 3.35. The van der Waals surface area contributed by atoms with Gasteiger partial charge in [-0.15, -0.1) is 13.2 Å². The van der Waals surface area contributed by atoms with Gasteiger partial charge in [-0.3, -0.25) is 9.78 Å². The normalized spacial score (nSPS) is 11.1. The predicted octanol–water partition coefficient (Wildman–Crippen LogP) is 2.70. The van der Waals surface area contributed by atoms with Crippen LogP contribution in [0.2, 0.25) is 0 Å². The van der Waals surface area contributed by atoms with Crippen molar-refractivity contribution in [2.24, 2.45) is 0 Å². The summed E-state index contributed by atoms with van der Waals surface area (Å²) in [7, 11) is 1.22. The number of pyridine rings is 1. The molecule has 0 aromatic carbocycles. The van der Waals surface area contributed by atoms with Crippen molar-refractivity contribution < 1.29 is 27.4 Å². The maximum Gasteiger partial charge on any atom is 0.573 e. The number of halogens is 4. The smallest absolute Gasteiger partial charge is 0.494 e. The summed E-state index contributed by atoms with van der Waals surface area (Å²) >= 11 is 2.96. The van der Waals surface area contributed by atoms with E-state index < -0.39 is 12.1 Å². The average Bonchev–Trinajstić information content (AvgIpc) is 2.26. The van der Waals surface area contributed by atoms with E-state index in [0.717, 1.165) is 6.20 Å². The van der Waals surface area contributed by atoms with Crippen LogP contribution in [0.4, 0.5) is 13.2 Å². The topological polar surface area (TPSA) is 48.4 Å². The first-order chi connectivity index (χ1) is 7.92. The van der Waals surface area contributed by atoms with E-state index in [2.05, 4.69) is 25.7 Å². The fourth-order valence-electron chi connectivity index (χ4n) is 1.13. The SMILES string of the molecule is COc1cnc(CBr)c(OC(F)(F)F)c1C=O. The molecule has 0 saturated heterocycles. The van der Waals surface area contributed by atoms with E-state index in [-0.39, 0.29) is 28.6 Å². The molecule has 4 nitrogen and oxygen atoms in total. The highest BCUT2D eigenvalue weighted by Gasteiger charge is 2.34. The van der Waals surface area contributed by atoms with Gasteiger partial charge in [0.15, 0.2) is 17.8 Å². The third kappa shape index (κ3) is 3.32. The maximum absolute atomic E-state index is 12.2. The first kappa shape index (κ1) is 13.8. The van der Waals surface area contributed by atoms with Crippen LogP contribution >= 0.6 is 15.9 Å². The van der Waals surface area contributed by atoms with Crippen LogP contribution in [0.25, 0.3) is 0 Å². The number of ether oxygens (including phenoxy) is 2. The molecule has 1 aromatic rings. The van der Waals surface area contributed by atoms with E-state index in [1.54, 1.807) is 0 Å². The minimum atomic E-state index is -4.90. The third-order valence-corrected chi connectivity index (χ3v) is 2.32. The van der Waals surface area contributed by atoms with Crippen molar-refractivity contribution in [1.29, 1.82) is 0 Å². The molecule has 0 spiro atoms. The Kier molecular flexibility index (Phi) is 4.33. The Morgan fingerprint density at radius 2 is 2.18 bits per heavy atom. The minimum Gasteiger partial charge on any atom is -0.494 e. The van der Waals surface area contributed by atoms with Crippen molar-refractivity contribution in [3.8, 4) is 11.5 Å². The number of alkyl halides is 4. The van der Waals surface area contributed by atoms with Gasteiger partial charge in [0.05, 0.1) is 19.0 Å². The van der Waals surface area contributed by atoms with Crippen LogP contribution in [0.3, 0.4) is 0 Å². The molecule has 17 heavy (non-hydrogen) atoms. The fraction of sp³-hybridized carbons (Fsp3) is 0.333. The second-order valence-electron chi connectivity index (χ2n) is 2.82. The summed E-state index contributed by atoms with van der Waals surface area (Å²) in [5.41, 5.74) is -0.362. The molecule has 1 heterocycles. The fourth-order valence-corrected chi connectivity index (χ4v) is 1.53. The number of hydrogen-bond acceptors (Lipinski definition) is 4. The highest BCUT2D eigenvalue weighted by Crippen LogP contribution is 2.34. The molecule has 0 radical (unpaired) electrons. The van der Waals surface area contributed by atoms with Gasteiger partial charge in [-0.05, 0) is 0 Å². The van der Waals surface area contributed by atoms with E-state index in [1.165, 1.54) is 7.11 Å². The molecule has 1 aromatic heterocycles. The summed E-state index contributed by atoms with van der Waals surface area (Å²) < 4.78 is 45.1. The lowest BCUT2D eigenvalue weighted by Crippen LogP contribution is -2.19. The lowest BCUT2D eigenvalue weighted by molar-refractivity contribution is -0.275. The van der Waals surface area contributed by atoms with Crippen molar-refractivity contribution in [3.63, 3.8) is 0 Å². The highest BCUT2D eigenvalue weighted by molar-refractivity contribution is 9.08. The van der Waals surface area contributed by atoms with Crippen molar-refractivity contribution in [2.45, 2.75) is 11.7 Å². The number of hydrogen-bond donors (Lipinski definition) is 0. The first-order valence-electron chi connectivity index (χ1n) is 4.25. The molecular formula is C9H7BrF3NO3. The third-order valence-electron chi connectivity index (χ3n) is 1.79. The van der Waals surface area contributed by atoms with Crippen LogP contribution < -0.4 is 9.47 Å². The van der Waals surface area contributed by atoms with E-state index in [0.29, 0.717) is 0 Å². The molecule has 0 aliphatic carbocycles. The molecule has 0 saturated carbocycles. The van der Waals surface area contributed by atoms with Crippen LogP contribution in [-0.2, 0) is 5.33 Å². The Labute approximate surface area is 103 Å². The quantitative estimate of drug-likeness (QED) is 0.633. The van der Waals surface area contributed by atoms with Gasteiger partial charge < -0.3 is 9.47 Å². The summed E-state index contributed by atoms with van der Waals surface area (Å²) in [4.78, 5) is 14.5. The number of nitrogens with zero attached hydrogens (tertiary/aromatic N) is 1. The van der Waals surface area contributed by atoms with Crippen molar-refractivity contribution >= 4 is 22.2 Å². The molecule has 0 bridgehead atoms. The second kappa shape index (κ2) is 5.35. The standard InChI is InChI=1S/C9H7BrF3NO3/c1-16-7-3-14-6(2-10)8(5(7)4-15)17-9(11,12)13/h3-4H,2H2,1H3. The van der Waals surface area contributed by atoms with E-state index in [4.69, 9.17) is 4.74 Å². The predicted molar refractivity (Wildman–Crippen MR) is 55.5 cm³/mol. The number of aromatic nitrogens is 1. The molecule has 8 heteroatoms. The Bertz CT molecular complexity index is 423. The van der Waals surface area contributed by atoms with Crippen molar-refractivity contribution in [3.05, 3.63) is 17.5 Å². The van der Waals surface area contributed by atoms with Gasteiger partial charge >= 0.3 is 6.36 Å². The van der Waals surface area contributed by atoms with Gasteiger partial charge in [0.1, 0.15) is 5.56 Å². The van der Waals surface area contributed by atoms with Gasteiger partial charge in [0, 0.05) is 5.33 Å². The van der Waals surface area contributed by atoms with Crippen LogP contribution in [0.1, 0.15) is 16.1 Å². The molecule has 0 atom stereocenters. The summed E-state index contributed by atoms with van der Waals surface area (Å²) in [6.45, 7) is 0. The highest BCUT2D eigenvalue weighted by atomic mass is 79.9. The van der Waals surface area contributed by atoms with Crippen LogP contribution in [0.5, 0.6) is 11.5 Å². The van der Waals surface area contributed by atoms with Gasteiger partial charge in [0.2, 0.25) is 0 Å². The van der Waals surface area contributed by atoms with Crippen LogP contribution in [0, 0.1) is 0 Å². The largest absolute Gasteiger partial charge is 0.573 e. The average molecular weight is 314 g/mol. The molecule has 1 rings (SSSR count). The maximum atomic E-state index is 12.2. The van der Waals surface area contributed by atoms with Gasteiger partial charge in [-0.2, -0.15) is 0 Å². The van der Waals surface area contributed by atoms with Crippen LogP contribution in [0.15, 0.2) is 6.20 Å². The summed E-state index contributed by atoms with van der Waals surface area (Å²) in [6, 6.07) is 0. The zero-order valence-electron chi connectivity index (χ0n) is 8.55. The molecule has 0 aliphatic rings.